The summed E-state index contributed by atoms with van der Waals surface area (Å²) in [7, 11) is 3.65. The molecule has 6 nitrogen and oxygen atoms in total. The van der Waals surface area contributed by atoms with Gasteiger partial charge >= 0.3 is 0 Å². The van der Waals surface area contributed by atoms with Crippen LogP contribution in [0.25, 0.3) is 0 Å². The molecule has 1 aromatic carbocycles. The molecule has 1 amide bonds. The summed E-state index contributed by atoms with van der Waals surface area (Å²) in [5, 5.41) is 11.1. The maximum Gasteiger partial charge on any atom is 0.220 e. The Morgan fingerprint density at radius 2 is 2.21 bits per heavy atom. The molecule has 1 heterocycles. The van der Waals surface area contributed by atoms with Crippen LogP contribution >= 0.6 is 0 Å². The van der Waals surface area contributed by atoms with Crippen molar-refractivity contribution in [2.75, 3.05) is 12.8 Å². The number of carbonyl (C=O) groups is 1. The molecule has 1 fully saturated rings. The predicted octanol–water partition coefficient (Wildman–Crippen LogP) is 2.01. The van der Waals surface area contributed by atoms with Crippen LogP contribution in [0.4, 0.5) is 5.69 Å². The Bertz CT molecular complexity index is 720. The second kappa shape index (κ2) is 7.03. The van der Waals surface area contributed by atoms with Crippen molar-refractivity contribution in [3.8, 4) is 0 Å². The average Bonchev–Trinajstić information content (AvgIpc) is 2.93. The van der Waals surface area contributed by atoms with Gasteiger partial charge in [-0.25, -0.2) is 0 Å². The molecule has 0 radical (unpaired) electrons. The van der Waals surface area contributed by atoms with Crippen molar-refractivity contribution in [1.29, 1.82) is 0 Å². The second-order valence-electron chi connectivity index (χ2n) is 6.65. The summed E-state index contributed by atoms with van der Waals surface area (Å²) in [6, 6.07) is 6.18. The Morgan fingerprint density at radius 3 is 2.79 bits per heavy atom. The van der Waals surface area contributed by atoms with E-state index in [0.717, 1.165) is 17.1 Å². The van der Waals surface area contributed by atoms with E-state index in [9.17, 15) is 4.79 Å². The summed E-state index contributed by atoms with van der Waals surface area (Å²) in [4.78, 5) is 11.5. The van der Waals surface area contributed by atoms with Gasteiger partial charge in [0.1, 0.15) is 12.2 Å². The van der Waals surface area contributed by atoms with E-state index in [0.29, 0.717) is 18.8 Å². The molecule has 24 heavy (non-hydrogen) atoms. The fourth-order valence-corrected chi connectivity index (χ4v) is 3.43. The van der Waals surface area contributed by atoms with Crippen molar-refractivity contribution >= 4 is 11.6 Å². The normalized spacial score (nSPS) is 15.8. The number of nitrogens with one attached hydrogen (secondary N) is 1. The molecule has 1 unspecified atom stereocenters. The largest absolute Gasteiger partial charge is 0.399 e. The van der Waals surface area contributed by atoms with Gasteiger partial charge in [0.15, 0.2) is 0 Å². The van der Waals surface area contributed by atoms with Gasteiger partial charge in [0.25, 0.3) is 0 Å². The van der Waals surface area contributed by atoms with E-state index in [1.165, 1.54) is 24.8 Å². The number of anilines is 1. The fraction of sp³-hybridized carbons (Fsp3) is 0.500. The quantitative estimate of drug-likeness (QED) is 0.795. The molecule has 1 saturated carbocycles. The topological polar surface area (TPSA) is 85.8 Å². The Hall–Kier alpha value is -2.37. The summed E-state index contributed by atoms with van der Waals surface area (Å²) < 4.78 is 2.00. The molecule has 6 heteroatoms. The van der Waals surface area contributed by atoms with Crippen LogP contribution in [0, 0.1) is 5.92 Å². The SMILES string of the molecule is CNC(=O)CCc1cc(N)cc(C(c2nncn2C)C2CCC2)c1. The van der Waals surface area contributed by atoms with Crippen molar-refractivity contribution in [3.63, 3.8) is 0 Å². The number of amides is 1. The highest BCUT2D eigenvalue weighted by Gasteiger charge is 2.33. The lowest BCUT2D eigenvalue weighted by Gasteiger charge is -2.33. The minimum atomic E-state index is 0.0443. The third kappa shape index (κ3) is 3.42. The standard InChI is InChI=1S/C18H25N5O/c1-20-16(24)7-6-12-8-14(10-15(19)9-12)17(13-4-3-5-13)18-22-21-11-23(18)2/h8-11,13,17H,3-7,19H2,1-2H3,(H,20,24). The first-order chi connectivity index (χ1) is 11.6. The number of nitrogen functional groups attached to an aromatic ring is 1. The van der Waals surface area contributed by atoms with Crippen molar-refractivity contribution in [2.24, 2.45) is 13.0 Å². The van der Waals surface area contributed by atoms with Crippen molar-refractivity contribution in [1.82, 2.24) is 20.1 Å². The van der Waals surface area contributed by atoms with Crippen LogP contribution in [-0.2, 0) is 18.3 Å². The Balaban J connectivity index is 1.91. The van der Waals surface area contributed by atoms with Crippen LogP contribution < -0.4 is 11.1 Å². The van der Waals surface area contributed by atoms with E-state index in [-0.39, 0.29) is 11.8 Å². The van der Waals surface area contributed by atoms with E-state index < -0.39 is 0 Å². The number of aromatic nitrogens is 3. The third-order valence-electron chi connectivity index (χ3n) is 4.96. The molecular formula is C18H25N5O. The molecule has 1 aliphatic carbocycles. The van der Waals surface area contributed by atoms with Crippen LogP contribution in [0.2, 0.25) is 0 Å². The Labute approximate surface area is 142 Å². The molecule has 0 aliphatic heterocycles. The highest BCUT2D eigenvalue weighted by atomic mass is 16.1. The molecule has 0 bridgehead atoms. The van der Waals surface area contributed by atoms with Crippen LogP contribution in [0.15, 0.2) is 24.5 Å². The summed E-state index contributed by atoms with van der Waals surface area (Å²) in [5.74, 6) is 1.83. The fourth-order valence-electron chi connectivity index (χ4n) is 3.43. The second-order valence-corrected chi connectivity index (χ2v) is 6.65. The van der Waals surface area contributed by atoms with Crippen molar-refractivity contribution in [3.05, 3.63) is 41.5 Å². The van der Waals surface area contributed by atoms with E-state index in [1.807, 2.05) is 23.7 Å². The molecule has 2 aromatic rings. The maximum absolute atomic E-state index is 11.5. The monoisotopic (exact) mass is 327 g/mol. The van der Waals surface area contributed by atoms with Gasteiger partial charge in [0, 0.05) is 32.1 Å². The van der Waals surface area contributed by atoms with E-state index >= 15 is 0 Å². The summed E-state index contributed by atoms with van der Waals surface area (Å²) in [5.41, 5.74) is 9.17. The smallest absolute Gasteiger partial charge is 0.220 e. The zero-order valence-electron chi connectivity index (χ0n) is 14.3. The number of benzene rings is 1. The zero-order valence-corrected chi connectivity index (χ0v) is 14.3. The van der Waals surface area contributed by atoms with Crippen LogP contribution in [0.1, 0.15) is 48.6 Å². The number of aryl methyl sites for hydroxylation is 2. The van der Waals surface area contributed by atoms with Crippen LogP contribution in [-0.4, -0.2) is 27.7 Å². The predicted molar refractivity (Wildman–Crippen MR) is 93.4 cm³/mol. The highest BCUT2D eigenvalue weighted by Crippen LogP contribution is 2.43. The van der Waals surface area contributed by atoms with Crippen molar-refractivity contribution < 1.29 is 4.79 Å². The number of nitrogens with zero attached hydrogens (tertiary/aromatic N) is 3. The first-order valence-corrected chi connectivity index (χ1v) is 8.52. The Morgan fingerprint density at radius 1 is 1.42 bits per heavy atom. The zero-order chi connectivity index (χ0) is 17.1. The number of hydrogen-bond donors (Lipinski definition) is 2. The van der Waals surface area contributed by atoms with E-state index in [1.54, 1.807) is 13.4 Å². The van der Waals surface area contributed by atoms with Gasteiger partial charge in [0.05, 0.1) is 0 Å². The highest BCUT2D eigenvalue weighted by molar-refractivity contribution is 5.75. The van der Waals surface area contributed by atoms with E-state index in [2.05, 4.69) is 21.6 Å². The molecular weight excluding hydrogens is 302 g/mol. The number of carbonyl (C=O) groups excluding carboxylic acids is 1. The van der Waals surface area contributed by atoms with Gasteiger partial charge in [-0.15, -0.1) is 10.2 Å². The molecule has 0 saturated heterocycles. The lowest BCUT2D eigenvalue weighted by Crippen LogP contribution is -2.24. The first-order valence-electron chi connectivity index (χ1n) is 8.52. The lowest BCUT2D eigenvalue weighted by atomic mass is 9.72. The molecule has 1 atom stereocenters. The van der Waals surface area contributed by atoms with Crippen molar-refractivity contribution in [2.45, 2.75) is 38.0 Å². The minimum absolute atomic E-state index is 0.0443. The Kier molecular flexibility index (Phi) is 4.83. The van der Waals surface area contributed by atoms with Crippen LogP contribution in [0.5, 0.6) is 0 Å². The summed E-state index contributed by atoms with van der Waals surface area (Å²) >= 11 is 0. The van der Waals surface area contributed by atoms with Gasteiger partial charge in [-0.1, -0.05) is 12.5 Å². The third-order valence-corrected chi connectivity index (χ3v) is 4.96. The van der Waals surface area contributed by atoms with Gasteiger partial charge in [0.2, 0.25) is 5.91 Å². The molecule has 3 rings (SSSR count). The maximum atomic E-state index is 11.5. The molecule has 3 N–H and O–H groups in total. The van der Waals surface area contributed by atoms with Crippen LogP contribution in [0.3, 0.4) is 0 Å². The average molecular weight is 327 g/mol. The number of nitrogens with two attached hydrogens (primary N) is 1. The molecule has 128 valence electrons. The van der Waals surface area contributed by atoms with Gasteiger partial charge in [-0.3, -0.25) is 4.79 Å². The first kappa shape index (κ1) is 16.5. The number of hydrogen-bond acceptors (Lipinski definition) is 4. The molecule has 0 spiro atoms. The lowest BCUT2D eigenvalue weighted by molar-refractivity contribution is -0.120. The number of rotatable bonds is 6. The minimum Gasteiger partial charge on any atom is -0.399 e. The molecule has 1 aromatic heterocycles. The summed E-state index contributed by atoms with van der Waals surface area (Å²) in [6.07, 6.45) is 6.59. The molecule has 1 aliphatic rings. The van der Waals surface area contributed by atoms with Gasteiger partial charge in [-0.05, 0) is 48.4 Å². The summed E-state index contributed by atoms with van der Waals surface area (Å²) in [6.45, 7) is 0. The van der Waals surface area contributed by atoms with E-state index in [4.69, 9.17) is 5.73 Å². The van der Waals surface area contributed by atoms with Gasteiger partial charge < -0.3 is 15.6 Å². The van der Waals surface area contributed by atoms with Gasteiger partial charge in [-0.2, -0.15) is 0 Å².